The van der Waals surface area contributed by atoms with Crippen molar-refractivity contribution in [3.05, 3.63) is 59.1 Å². The van der Waals surface area contributed by atoms with E-state index >= 15 is 0 Å². The van der Waals surface area contributed by atoms with Gasteiger partial charge in [-0.15, -0.1) is 11.8 Å². The van der Waals surface area contributed by atoms with Gasteiger partial charge in [-0.05, 0) is 42.0 Å². The number of methoxy groups -OCH3 is 1. The van der Waals surface area contributed by atoms with Crippen LogP contribution in [0.1, 0.15) is 10.8 Å². The topological polar surface area (TPSA) is 46.5 Å². The number of ether oxygens (including phenoxy) is 1. The van der Waals surface area contributed by atoms with E-state index in [1.54, 1.807) is 31.4 Å². The molecular weight excluding hydrogens is 296 g/mol. The van der Waals surface area contributed by atoms with E-state index in [9.17, 15) is 9.90 Å². The van der Waals surface area contributed by atoms with E-state index in [-0.39, 0.29) is 0 Å². The summed E-state index contributed by atoms with van der Waals surface area (Å²) in [4.78, 5) is 12.3. The molecule has 20 heavy (non-hydrogen) atoms. The molecule has 2 aromatic rings. The summed E-state index contributed by atoms with van der Waals surface area (Å²) in [6.45, 7) is 0. The molecule has 104 valence electrons. The molecule has 0 aliphatic carbocycles. The number of carboxylic acid groups (broad SMARTS) is 1. The van der Waals surface area contributed by atoms with E-state index < -0.39 is 11.2 Å². The van der Waals surface area contributed by atoms with Crippen molar-refractivity contribution in [3.63, 3.8) is 0 Å². The summed E-state index contributed by atoms with van der Waals surface area (Å²) in [6, 6.07) is 14.2. The fraction of sp³-hybridized carbons (Fsp3) is 0.133. The normalized spacial score (nSPS) is 11.9. The minimum atomic E-state index is -0.881. The average Bonchev–Trinajstić information content (AvgIpc) is 2.46. The zero-order valence-electron chi connectivity index (χ0n) is 10.7. The molecule has 0 spiro atoms. The van der Waals surface area contributed by atoms with Crippen LogP contribution in [0, 0.1) is 0 Å². The third-order valence-corrected chi connectivity index (χ3v) is 4.22. The number of thioether (sulfide) groups is 1. The van der Waals surface area contributed by atoms with Gasteiger partial charge in [0.15, 0.2) is 0 Å². The highest BCUT2D eigenvalue weighted by molar-refractivity contribution is 8.00. The summed E-state index contributed by atoms with van der Waals surface area (Å²) in [5.41, 5.74) is 0.711. The van der Waals surface area contributed by atoms with Crippen LogP contribution in [0.2, 0.25) is 5.02 Å². The lowest BCUT2D eigenvalue weighted by molar-refractivity contribution is -0.136. The van der Waals surface area contributed by atoms with Crippen LogP contribution in [0.5, 0.6) is 5.75 Å². The van der Waals surface area contributed by atoms with Crippen molar-refractivity contribution in [2.24, 2.45) is 0 Å². The van der Waals surface area contributed by atoms with Gasteiger partial charge in [0.25, 0.3) is 0 Å². The van der Waals surface area contributed by atoms with Crippen LogP contribution in [-0.4, -0.2) is 18.2 Å². The Kier molecular flexibility index (Phi) is 4.93. The molecule has 0 saturated carbocycles. The summed E-state index contributed by atoms with van der Waals surface area (Å²) in [6.07, 6.45) is 0. The SMILES string of the molecule is COc1ccc(SC(C(=O)O)c2ccc(Cl)cc2)cc1. The summed E-state index contributed by atoms with van der Waals surface area (Å²) in [7, 11) is 1.59. The highest BCUT2D eigenvalue weighted by atomic mass is 35.5. The standard InChI is InChI=1S/C15H13ClO3S/c1-19-12-6-8-13(9-7-12)20-14(15(17)18)10-2-4-11(16)5-3-10/h2-9,14H,1H3,(H,17,18). The number of rotatable bonds is 5. The summed E-state index contributed by atoms with van der Waals surface area (Å²) >= 11 is 7.10. The molecule has 3 nitrogen and oxygen atoms in total. The van der Waals surface area contributed by atoms with Crippen molar-refractivity contribution in [1.82, 2.24) is 0 Å². The predicted octanol–water partition coefficient (Wildman–Crippen LogP) is 4.27. The summed E-state index contributed by atoms with van der Waals surface area (Å²) in [5.74, 6) is -0.138. The Morgan fingerprint density at radius 3 is 2.25 bits per heavy atom. The van der Waals surface area contributed by atoms with E-state index in [1.165, 1.54) is 11.8 Å². The van der Waals surface area contributed by atoms with E-state index in [0.29, 0.717) is 10.6 Å². The van der Waals surface area contributed by atoms with Crippen LogP contribution in [-0.2, 0) is 4.79 Å². The molecule has 0 aliphatic rings. The van der Waals surface area contributed by atoms with Crippen LogP contribution < -0.4 is 4.74 Å². The van der Waals surface area contributed by atoms with Gasteiger partial charge in [0.2, 0.25) is 0 Å². The number of hydrogen-bond donors (Lipinski definition) is 1. The van der Waals surface area contributed by atoms with Gasteiger partial charge in [0.1, 0.15) is 11.0 Å². The van der Waals surface area contributed by atoms with Gasteiger partial charge in [-0.3, -0.25) is 4.79 Å². The maximum absolute atomic E-state index is 11.4. The lowest BCUT2D eigenvalue weighted by Gasteiger charge is -2.13. The van der Waals surface area contributed by atoms with Gasteiger partial charge in [-0.25, -0.2) is 0 Å². The number of benzene rings is 2. The van der Waals surface area contributed by atoms with E-state index in [1.807, 2.05) is 24.3 Å². The average molecular weight is 309 g/mol. The first kappa shape index (κ1) is 14.8. The Bertz CT molecular complexity index is 581. The zero-order valence-corrected chi connectivity index (χ0v) is 12.3. The minimum absolute atomic E-state index is 0.590. The van der Waals surface area contributed by atoms with Crippen molar-refractivity contribution < 1.29 is 14.6 Å². The van der Waals surface area contributed by atoms with E-state index in [4.69, 9.17) is 16.3 Å². The third kappa shape index (κ3) is 3.68. The fourth-order valence-corrected chi connectivity index (χ4v) is 2.77. The highest BCUT2D eigenvalue weighted by Crippen LogP contribution is 2.36. The number of carbonyl (C=O) groups is 1. The monoisotopic (exact) mass is 308 g/mol. The zero-order chi connectivity index (χ0) is 14.5. The second-order valence-corrected chi connectivity index (χ2v) is 5.68. The van der Waals surface area contributed by atoms with Gasteiger partial charge >= 0.3 is 5.97 Å². The lowest BCUT2D eigenvalue weighted by atomic mass is 10.1. The lowest BCUT2D eigenvalue weighted by Crippen LogP contribution is -2.07. The molecule has 1 atom stereocenters. The van der Waals surface area contributed by atoms with Crippen molar-refractivity contribution in [1.29, 1.82) is 0 Å². The maximum atomic E-state index is 11.4. The number of aliphatic carboxylic acids is 1. The Morgan fingerprint density at radius 2 is 1.75 bits per heavy atom. The van der Waals surface area contributed by atoms with Crippen molar-refractivity contribution in [3.8, 4) is 5.75 Å². The molecule has 0 saturated heterocycles. The Morgan fingerprint density at radius 1 is 1.15 bits per heavy atom. The first-order chi connectivity index (χ1) is 9.60. The third-order valence-electron chi connectivity index (χ3n) is 2.71. The Hall–Kier alpha value is -1.65. The number of carboxylic acids is 1. The summed E-state index contributed by atoms with van der Waals surface area (Å²) in [5, 5.41) is 9.30. The fourth-order valence-electron chi connectivity index (χ4n) is 1.69. The van der Waals surface area contributed by atoms with Crippen LogP contribution in [0.3, 0.4) is 0 Å². The van der Waals surface area contributed by atoms with Crippen molar-refractivity contribution in [2.75, 3.05) is 7.11 Å². The van der Waals surface area contributed by atoms with Crippen LogP contribution in [0.4, 0.5) is 0 Å². The smallest absolute Gasteiger partial charge is 0.321 e. The molecule has 0 heterocycles. The van der Waals surface area contributed by atoms with Gasteiger partial charge in [0, 0.05) is 9.92 Å². The Labute approximate surface area is 126 Å². The van der Waals surface area contributed by atoms with Gasteiger partial charge in [-0.1, -0.05) is 23.7 Å². The van der Waals surface area contributed by atoms with Crippen LogP contribution >= 0.6 is 23.4 Å². The molecule has 5 heteroatoms. The summed E-state index contributed by atoms with van der Waals surface area (Å²) < 4.78 is 5.08. The van der Waals surface area contributed by atoms with Gasteiger partial charge in [0.05, 0.1) is 7.11 Å². The first-order valence-corrected chi connectivity index (χ1v) is 7.15. The molecule has 0 bridgehead atoms. The first-order valence-electron chi connectivity index (χ1n) is 5.89. The van der Waals surface area contributed by atoms with Gasteiger partial charge < -0.3 is 9.84 Å². The second kappa shape index (κ2) is 6.68. The molecule has 0 aliphatic heterocycles. The van der Waals surface area contributed by atoms with E-state index in [0.717, 1.165) is 10.6 Å². The number of halogens is 1. The maximum Gasteiger partial charge on any atom is 0.321 e. The molecule has 1 N–H and O–H groups in total. The molecular formula is C15H13ClO3S. The van der Waals surface area contributed by atoms with Gasteiger partial charge in [-0.2, -0.15) is 0 Å². The van der Waals surface area contributed by atoms with E-state index in [2.05, 4.69) is 0 Å². The van der Waals surface area contributed by atoms with Crippen molar-refractivity contribution in [2.45, 2.75) is 10.1 Å². The van der Waals surface area contributed by atoms with Crippen LogP contribution in [0.25, 0.3) is 0 Å². The molecule has 0 amide bonds. The largest absolute Gasteiger partial charge is 0.497 e. The molecule has 2 aromatic carbocycles. The molecule has 0 aromatic heterocycles. The number of hydrogen-bond acceptors (Lipinski definition) is 3. The Balaban J connectivity index is 2.20. The minimum Gasteiger partial charge on any atom is -0.497 e. The quantitative estimate of drug-likeness (QED) is 0.838. The molecule has 0 fully saturated rings. The molecule has 1 unspecified atom stereocenters. The van der Waals surface area contributed by atoms with Crippen LogP contribution in [0.15, 0.2) is 53.4 Å². The van der Waals surface area contributed by atoms with Crippen molar-refractivity contribution >= 4 is 29.3 Å². The molecule has 0 radical (unpaired) electrons. The predicted molar refractivity (Wildman–Crippen MR) is 80.7 cm³/mol. The molecule has 2 rings (SSSR count). The second-order valence-electron chi connectivity index (χ2n) is 4.06. The highest BCUT2D eigenvalue weighted by Gasteiger charge is 2.21.